The summed E-state index contributed by atoms with van der Waals surface area (Å²) in [6.45, 7) is 0.902. The molecule has 0 aromatic heterocycles. The summed E-state index contributed by atoms with van der Waals surface area (Å²) < 4.78 is 22.4. The molecule has 4 aliphatic rings. The molecule has 0 amide bonds. The zero-order valence-electron chi connectivity index (χ0n) is 13.7. The first-order chi connectivity index (χ1) is 11.6. The zero-order valence-corrected chi connectivity index (χ0v) is 13.7. The van der Waals surface area contributed by atoms with Gasteiger partial charge in [0.25, 0.3) is 0 Å². The first-order valence-electron chi connectivity index (χ1n) is 8.21. The van der Waals surface area contributed by atoms with Crippen LogP contribution in [-0.4, -0.2) is 56.6 Å². The molecular weight excluding hydrogens is 310 g/mol. The predicted octanol–water partition coefficient (Wildman–Crippen LogP) is 1.48. The van der Waals surface area contributed by atoms with E-state index >= 15 is 0 Å². The molecule has 0 bridgehead atoms. The number of likely N-dealkylation sites (N-methyl/N-ethyl adjacent to an activating group) is 1. The summed E-state index contributed by atoms with van der Waals surface area (Å²) in [5, 5.41) is 0. The average Bonchev–Trinajstić information content (AvgIpc) is 3.16. The van der Waals surface area contributed by atoms with Gasteiger partial charge in [0.2, 0.25) is 6.79 Å². The first-order valence-corrected chi connectivity index (χ1v) is 8.21. The zero-order chi connectivity index (χ0) is 16.5. The number of ether oxygens (including phenoxy) is 4. The van der Waals surface area contributed by atoms with Crippen LogP contribution < -0.4 is 9.47 Å². The van der Waals surface area contributed by atoms with E-state index in [4.69, 9.17) is 18.9 Å². The highest BCUT2D eigenvalue weighted by Crippen LogP contribution is 2.52. The second-order valence-corrected chi connectivity index (χ2v) is 6.90. The standard InChI is InChI=1S/C18H19NO5/c1-19-8-16-18(4-3-10(21-2)5-15(18)19)12-7-14-13(22-9-23-14)6-11(12)17(20)24-16/h3-4,6-7,10,15-16H,5,8-9H2,1-2H3/t10-,15+,16+,18+/m1/s1. The lowest BCUT2D eigenvalue weighted by Crippen LogP contribution is -2.52. The van der Waals surface area contributed by atoms with Crippen LogP contribution >= 0.6 is 0 Å². The number of nitrogens with zero attached hydrogens (tertiary/aromatic N) is 1. The number of carbonyl (C=O) groups is 1. The van der Waals surface area contributed by atoms with Crippen LogP contribution in [0.2, 0.25) is 0 Å². The maximum atomic E-state index is 12.5. The van der Waals surface area contributed by atoms with E-state index in [1.54, 1.807) is 13.2 Å². The molecule has 0 saturated carbocycles. The van der Waals surface area contributed by atoms with Gasteiger partial charge in [0, 0.05) is 19.7 Å². The molecule has 1 fully saturated rings. The quantitative estimate of drug-likeness (QED) is 0.575. The summed E-state index contributed by atoms with van der Waals surface area (Å²) in [6, 6.07) is 3.94. The third-order valence-corrected chi connectivity index (χ3v) is 5.86. The summed E-state index contributed by atoms with van der Waals surface area (Å²) in [7, 11) is 3.81. The Balaban J connectivity index is 1.74. The molecular formula is C18H19NO5. The maximum absolute atomic E-state index is 12.5. The van der Waals surface area contributed by atoms with Crippen molar-refractivity contribution in [3.63, 3.8) is 0 Å². The molecule has 1 aliphatic carbocycles. The second kappa shape index (κ2) is 4.74. The number of benzene rings is 1. The van der Waals surface area contributed by atoms with Crippen molar-refractivity contribution < 1.29 is 23.7 Å². The number of fused-ring (bicyclic) bond motifs is 2. The van der Waals surface area contributed by atoms with E-state index in [9.17, 15) is 4.79 Å². The number of hydrogen-bond acceptors (Lipinski definition) is 6. The number of likely N-dealkylation sites (tertiary alicyclic amines) is 1. The van der Waals surface area contributed by atoms with E-state index < -0.39 is 0 Å². The van der Waals surface area contributed by atoms with E-state index in [0.29, 0.717) is 23.6 Å². The third-order valence-electron chi connectivity index (χ3n) is 5.86. The SMILES string of the molecule is CO[C@@H]1C=C[C@@]23c4cc5c(cc4C(=O)O[C@H]2CN(C)[C@H]3C1)OCO5. The predicted molar refractivity (Wildman–Crippen MR) is 84.4 cm³/mol. The highest BCUT2D eigenvalue weighted by atomic mass is 16.7. The highest BCUT2D eigenvalue weighted by Gasteiger charge is 2.60. The number of methoxy groups -OCH3 is 1. The van der Waals surface area contributed by atoms with Crippen molar-refractivity contribution in [1.82, 2.24) is 4.90 Å². The van der Waals surface area contributed by atoms with Gasteiger partial charge < -0.3 is 18.9 Å². The maximum Gasteiger partial charge on any atom is 0.338 e. The molecule has 1 spiro atoms. The molecule has 0 N–H and O–H groups in total. The Bertz CT molecular complexity index is 760. The molecule has 1 aromatic rings. The summed E-state index contributed by atoms with van der Waals surface area (Å²) in [5.41, 5.74) is 1.21. The third kappa shape index (κ3) is 1.65. The van der Waals surface area contributed by atoms with Gasteiger partial charge in [-0.05, 0) is 31.2 Å². The molecule has 1 aromatic carbocycles. The lowest BCUT2D eigenvalue weighted by Gasteiger charge is -2.44. The number of esters is 1. The van der Waals surface area contributed by atoms with Crippen molar-refractivity contribution >= 4 is 5.97 Å². The molecule has 3 heterocycles. The monoisotopic (exact) mass is 329 g/mol. The molecule has 6 nitrogen and oxygen atoms in total. The first kappa shape index (κ1) is 14.3. The molecule has 6 heteroatoms. The van der Waals surface area contributed by atoms with Gasteiger partial charge in [-0.15, -0.1) is 0 Å². The van der Waals surface area contributed by atoms with Crippen molar-refractivity contribution in [1.29, 1.82) is 0 Å². The van der Waals surface area contributed by atoms with E-state index in [0.717, 1.165) is 12.0 Å². The Morgan fingerprint density at radius 1 is 1.29 bits per heavy atom. The van der Waals surface area contributed by atoms with Crippen LogP contribution in [-0.2, 0) is 14.9 Å². The van der Waals surface area contributed by atoms with E-state index in [1.807, 2.05) is 6.07 Å². The molecule has 4 atom stereocenters. The fraction of sp³-hybridized carbons (Fsp3) is 0.500. The fourth-order valence-electron chi connectivity index (χ4n) is 4.69. The topological polar surface area (TPSA) is 57.2 Å². The fourth-order valence-corrected chi connectivity index (χ4v) is 4.69. The molecule has 126 valence electrons. The minimum Gasteiger partial charge on any atom is -0.456 e. The van der Waals surface area contributed by atoms with Gasteiger partial charge >= 0.3 is 5.97 Å². The lowest BCUT2D eigenvalue weighted by atomic mass is 9.65. The number of hydrogen-bond donors (Lipinski definition) is 0. The molecule has 24 heavy (non-hydrogen) atoms. The smallest absolute Gasteiger partial charge is 0.338 e. The van der Waals surface area contributed by atoms with Crippen molar-refractivity contribution in [2.45, 2.75) is 30.1 Å². The Morgan fingerprint density at radius 2 is 2.08 bits per heavy atom. The number of rotatable bonds is 1. The van der Waals surface area contributed by atoms with Crippen molar-refractivity contribution in [3.05, 3.63) is 35.4 Å². The van der Waals surface area contributed by atoms with Crippen LogP contribution in [0.15, 0.2) is 24.3 Å². The van der Waals surface area contributed by atoms with E-state index in [2.05, 4.69) is 24.1 Å². The van der Waals surface area contributed by atoms with Crippen LogP contribution in [0.1, 0.15) is 22.3 Å². The van der Waals surface area contributed by atoms with Crippen molar-refractivity contribution in [2.75, 3.05) is 27.5 Å². The van der Waals surface area contributed by atoms with Crippen molar-refractivity contribution in [3.8, 4) is 11.5 Å². The molecule has 0 radical (unpaired) electrons. The van der Waals surface area contributed by atoms with Gasteiger partial charge in [-0.3, -0.25) is 4.90 Å². The van der Waals surface area contributed by atoms with Crippen LogP contribution in [0.25, 0.3) is 0 Å². The second-order valence-electron chi connectivity index (χ2n) is 6.90. The van der Waals surface area contributed by atoms with Gasteiger partial charge in [-0.25, -0.2) is 4.79 Å². The van der Waals surface area contributed by atoms with E-state index in [-0.39, 0.29) is 36.4 Å². The normalized spacial score (nSPS) is 36.1. The Kier molecular flexibility index (Phi) is 2.82. The lowest BCUT2D eigenvalue weighted by molar-refractivity contribution is 0.0118. The summed E-state index contributed by atoms with van der Waals surface area (Å²) in [5.74, 6) is 1.03. The summed E-state index contributed by atoms with van der Waals surface area (Å²) in [4.78, 5) is 14.8. The van der Waals surface area contributed by atoms with Gasteiger partial charge in [-0.2, -0.15) is 0 Å². The Labute approximate surface area is 139 Å². The summed E-state index contributed by atoms with van der Waals surface area (Å²) in [6.07, 6.45) is 5.03. The van der Waals surface area contributed by atoms with E-state index in [1.165, 1.54) is 0 Å². The molecule has 0 unspecified atom stereocenters. The molecule has 5 rings (SSSR count). The summed E-state index contributed by atoms with van der Waals surface area (Å²) >= 11 is 0. The van der Waals surface area contributed by atoms with Gasteiger partial charge in [0.05, 0.1) is 17.1 Å². The Morgan fingerprint density at radius 3 is 2.88 bits per heavy atom. The van der Waals surface area contributed by atoms with Crippen molar-refractivity contribution in [2.24, 2.45) is 0 Å². The van der Waals surface area contributed by atoms with Crippen LogP contribution in [0.4, 0.5) is 0 Å². The highest BCUT2D eigenvalue weighted by molar-refractivity contribution is 5.94. The molecule has 1 saturated heterocycles. The van der Waals surface area contributed by atoms with Gasteiger partial charge in [-0.1, -0.05) is 12.2 Å². The minimum absolute atomic E-state index is 0.0805. The van der Waals surface area contributed by atoms with Crippen LogP contribution in [0.3, 0.4) is 0 Å². The molecule has 3 aliphatic heterocycles. The van der Waals surface area contributed by atoms with Gasteiger partial charge in [0.15, 0.2) is 11.5 Å². The van der Waals surface area contributed by atoms with Gasteiger partial charge in [0.1, 0.15) is 6.10 Å². The number of carbonyl (C=O) groups excluding carboxylic acids is 1. The Hall–Kier alpha value is -2.05. The van der Waals surface area contributed by atoms with Crippen LogP contribution in [0.5, 0.6) is 11.5 Å². The average molecular weight is 329 g/mol. The largest absolute Gasteiger partial charge is 0.456 e. The van der Waals surface area contributed by atoms with Crippen LogP contribution in [0, 0.1) is 0 Å². The minimum atomic E-state index is -0.353.